The van der Waals surface area contributed by atoms with E-state index in [4.69, 9.17) is 9.47 Å². The van der Waals surface area contributed by atoms with Gasteiger partial charge in [-0.1, -0.05) is 17.7 Å². The Hall–Kier alpha value is -1.39. The molecule has 2 aliphatic rings. The average Bonchev–Trinajstić information content (AvgIpc) is 2.94. The highest BCUT2D eigenvalue weighted by Crippen LogP contribution is 2.35. The Kier molecular flexibility index (Phi) is 4.74. The molecule has 1 amide bonds. The van der Waals surface area contributed by atoms with Crippen molar-refractivity contribution in [2.24, 2.45) is 0 Å². The first-order valence-electron chi connectivity index (χ1n) is 8.61. The molecular weight excluding hydrogens is 290 g/mol. The van der Waals surface area contributed by atoms with Crippen LogP contribution in [-0.2, 0) is 20.7 Å². The summed E-state index contributed by atoms with van der Waals surface area (Å²) in [6, 6.07) is 4.54. The Labute approximate surface area is 138 Å². The Balaban J connectivity index is 1.54. The Bertz CT molecular complexity index is 557. The predicted octanol–water partition coefficient (Wildman–Crippen LogP) is 2.96. The van der Waals surface area contributed by atoms with Crippen LogP contribution in [0, 0.1) is 20.8 Å². The summed E-state index contributed by atoms with van der Waals surface area (Å²) in [5.74, 6) is -0.236. The van der Waals surface area contributed by atoms with Crippen LogP contribution in [0.5, 0.6) is 0 Å². The summed E-state index contributed by atoms with van der Waals surface area (Å²) in [7, 11) is 0. The summed E-state index contributed by atoms with van der Waals surface area (Å²) in [5, 5.41) is 3.19. The number of nitrogens with one attached hydrogen (secondary N) is 1. The van der Waals surface area contributed by atoms with Crippen molar-refractivity contribution in [3.8, 4) is 0 Å². The SMILES string of the molecule is Cc1cc(C)c(CC(=O)NC2CCC3(CC2)OCCO3)c(C)c1. The topological polar surface area (TPSA) is 47.6 Å². The molecule has 0 bridgehead atoms. The van der Waals surface area contributed by atoms with Gasteiger partial charge in [0.25, 0.3) is 0 Å². The van der Waals surface area contributed by atoms with E-state index >= 15 is 0 Å². The van der Waals surface area contributed by atoms with Gasteiger partial charge in [0.05, 0.1) is 19.6 Å². The number of carbonyl (C=O) groups excluding carboxylic acids is 1. The molecule has 4 nitrogen and oxygen atoms in total. The molecule has 1 saturated heterocycles. The van der Waals surface area contributed by atoms with Gasteiger partial charge in [-0.05, 0) is 50.3 Å². The number of hydrogen-bond donors (Lipinski definition) is 1. The van der Waals surface area contributed by atoms with E-state index in [2.05, 4.69) is 38.2 Å². The first kappa shape index (κ1) is 16.5. The van der Waals surface area contributed by atoms with E-state index in [1.807, 2.05) is 0 Å². The molecule has 0 radical (unpaired) electrons. The molecule has 1 aliphatic heterocycles. The Morgan fingerprint density at radius 1 is 1.13 bits per heavy atom. The number of hydrogen-bond acceptors (Lipinski definition) is 3. The van der Waals surface area contributed by atoms with Crippen LogP contribution >= 0.6 is 0 Å². The lowest BCUT2D eigenvalue weighted by Crippen LogP contribution is -2.44. The fraction of sp³-hybridized carbons (Fsp3) is 0.632. The van der Waals surface area contributed by atoms with Crippen LogP contribution in [-0.4, -0.2) is 30.9 Å². The minimum atomic E-state index is -0.356. The van der Waals surface area contributed by atoms with E-state index in [1.165, 1.54) is 16.7 Å². The number of rotatable bonds is 3. The van der Waals surface area contributed by atoms with Crippen molar-refractivity contribution in [2.45, 2.75) is 64.7 Å². The van der Waals surface area contributed by atoms with Crippen LogP contribution < -0.4 is 5.32 Å². The van der Waals surface area contributed by atoms with E-state index in [-0.39, 0.29) is 17.7 Å². The molecule has 1 aromatic carbocycles. The van der Waals surface area contributed by atoms with Crippen molar-refractivity contribution >= 4 is 5.91 Å². The molecule has 1 aliphatic carbocycles. The lowest BCUT2D eigenvalue weighted by molar-refractivity contribution is -0.180. The molecule has 126 valence electrons. The predicted molar refractivity (Wildman–Crippen MR) is 89.4 cm³/mol. The molecule has 1 spiro atoms. The summed E-state index contributed by atoms with van der Waals surface area (Å²) >= 11 is 0. The van der Waals surface area contributed by atoms with Crippen molar-refractivity contribution in [3.63, 3.8) is 0 Å². The molecule has 23 heavy (non-hydrogen) atoms. The monoisotopic (exact) mass is 317 g/mol. The van der Waals surface area contributed by atoms with E-state index in [0.717, 1.165) is 31.2 Å². The maximum absolute atomic E-state index is 12.4. The molecule has 4 heteroatoms. The first-order chi connectivity index (χ1) is 11.0. The quantitative estimate of drug-likeness (QED) is 0.932. The number of ether oxygens (including phenoxy) is 2. The Morgan fingerprint density at radius 2 is 1.70 bits per heavy atom. The third kappa shape index (κ3) is 3.75. The third-order valence-corrected chi connectivity index (χ3v) is 5.10. The average molecular weight is 317 g/mol. The zero-order valence-electron chi connectivity index (χ0n) is 14.4. The van der Waals surface area contributed by atoms with E-state index < -0.39 is 0 Å². The molecule has 1 heterocycles. The number of benzene rings is 1. The highest BCUT2D eigenvalue weighted by atomic mass is 16.7. The van der Waals surface area contributed by atoms with Gasteiger partial charge in [-0.15, -0.1) is 0 Å². The second kappa shape index (κ2) is 6.62. The number of carbonyl (C=O) groups is 1. The minimum absolute atomic E-state index is 0.120. The van der Waals surface area contributed by atoms with Crippen LogP contribution in [0.3, 0.4) is 0 Å². The largest absolute Gasteiger partial charge is 0.353 e. The standard InChI is InChI=1S/C19H27NO3/c1-13-10-14(2)17(15(3)11-13)12-18(21)20-16-4-6-19(7-5-16)22-8-9-23-19/h10-11,16H,4-9,12H2,1-3H3,(H,20,21). The third-order valence-electron chi connectivity index (χ3n) is 5.10. The van der Waals surface area contributed by atoms with Crippen molar-refractivity contribution < 1.29 is 14.3 Å². The molecule has 0 atom stereocenters. The summed E-state index contributed by atoms with van der Waals surface area (Å²) in [4.78, 5) is 12.4. The highest BCUT2D eigenvalue weighted by Gasteiger charge is 2.40. The van der Waals surface area contributed by atoms with Crippen molar-refractivity contribution in [3.05, 3.63) is 34.4 Å². The fourth-order valence-electron chi connectivity index (χ4n) is 3.92. The highest BCUT2D eigenvalue weighted by molar-refractivity contribution is 5.79. The van der Waals surface area contributed by atoms with E-state index in [9.17, 15) is 4.79 Å². The van der Waals surface area contributed by atoms with Gasteiger partial charge >= 0.3 is 0 Å². The number of amides is 1. The summed E-state index contributed by atoms with van der Waals surface area (Å²) < 4.78 is 11.5. The van der Waals surface area contributed by atoms with Gasteiger partial charge in [0, 0.05) is 18.9 Å². The van der Waals surface area contributed by atoms with Gasteiger partial charge < -0.3 is 14.8 Å². The van der Waals surface area contributed by atoms with Gasteiger partial charge in [-0.2, -0.15) is 0 Å². The lowest BCUT2D eigenvalue weighted by atomic mass is 9.89. The van der Waals surface area contributed by atoms with Gasteiger partial charge in [-0.25, -0.2) is 0 Å². The number of aryl methyl sites for hydroxylation is 3. The van der Waals surface area contributed by atoms with Crippen LogP contribution in [0.15, 0.2) is 12.1 Å². The van der Waals surface area contributed by atoms with Gasteiger partial charge in [0.15, 0.2) is 5.79 Å². The molecule has 2 fully saturated rings. The van der Waals surface area contributed by atoms with Gasteiger partial charge in [0.1, 0.15) is 0 Å². The minimum Gasteiger partial charge on any atom is -0.353 e. The normalized spacial score (nSPS) is 20.8. The zero-order chi connectivity index (χ0) is 16.4. The molecular formula is C19H27NO3. The lowest BCUT2D eigenvalue weighted by Gasteiger charge is -2.35. The first-order valence-corrected chi connectivity index (χ1v) is 8.61. The Morgan fingerprint density at radius 3 is 2.26 bits per heavy atom. The molecule has 1 saturated carbocycles. The zero-order valence-corrected chi connectivity index (χ0v) is 14.4. The van der Waals surface area contributed by atoms with Crippen LogP contribution in [0.4, 0.5) is 0 Å². The second-order valence-electron chi connectivity index (χ2n) is 7.00. The summed E-state index contributed by atoms with van der Waals surface area (Å²) in [6.07, 6.45) is 4.07. The van der Waals surface area contributed by atoms with E-state index in [0.29, 0.717) is 19.6 Å². The second-order valence-corrected chi connectivity index (χ2v) is 7.00. The van der Waals surface area contributed by atoms with Crippen molar-refractivity contribution in [1.29, 1.82) is 0 Å². The van der Waals surface area contributed by atoms with Crippen LogP contribution in [0.1, 0.15) is 47.9 Å². The molecule has 0 aromatic heterocycles. The van der Waals surface area contributed by atoms with Crippen LogP contribution in [0.2, 0.25) is 0 Å². The maximum Gasteiger partial charge on any atom is 0.224 e. The smallest absolute Gasteiger partial charge is 0.224 e. The fourth-order valence-corrected chi connectivity index (χ4v) is 3.92. The summed E-state index contributed by atoms with van der Waals surface area (Å²) in [6.45, 7) is 7.66. The van der Waals surface area contributed by atoms with Crippen LogP contribution in [0.25, 0.3) is 0 Å². The molecule has 1 aromatic rings. The van der Waals surface area contributed by atoms with Gasteiger partial charge in [-0.3, -0.25) is 4.79 Å². The van der Waals surface area contributed by atoms with E-state index in [1.54, 1.807) is 0 Å². The molecule has 0 unspecified atom stereocenters. The molecule has 1 N–H and O–H groups in total. The van der Waals surface area contributed by atoms with Crippen molar-refractivity contribution in [2.75, 3.05) is 13.2 Å². The van der Waals surface area contributed by atoms with Crippen molar-refractivity contribution in [1.82, 2.24) is 5.32 Å². The van der Waals surface area contributed by atoms with Gasteiger partial charge in [0.2, 0.25) is 5.91 Å². The summed E-state index contributed by atoms with van der Waals surface area (Å²) in [5.41, 5.74) is 4.81. The maximum atomic E-state index is 12.4. The molecule has 3 rings (SSSR count).